The molecular formula is C16H22O3. The normalized spacial score (nSPS) is 11.7. The Morgan fingerprint density at radius 3 is 2.42 bits per heavy atom. The first-order valence-corrected chi connectivity index (χ1v) is 6.66. The number of rotatable bonds is 7. The second kappa shape index (κ2) is 7.62. The fourth-order valence-corrected chi connectivity index (χ4v) is 1.59. The monoisotopic (exact) mass is 262 g/mol. The Kier molecular flexibility index (Phi) is 6.13. The van der Waals surface area contributed by atoms with Crippen molar-refractivity contribution in [2.24, 2.45) is 0 Å². The highest BCUT2D eigenvalue weighted by Crippen LogP contribution is 2.21. The lowest BCUT2D eigenvalue weighted by Gasteiger charge is -2.11. The van der Waals surface area contributed by atoms with Gasteiger partial charge in [-0.25, -0.2) is 4.79 Å². The Morgan fingerprint density at radius 2 is 1.89 bits per heavy atom. The SMILES string of the molecule is C=C(COc1ccc(C(C)CC)cc1)C(=O)OCC. The molecule has 1 aromatic carbocycles. The topological polar surface area (TPSA) is 35.5 Å². The molecule has 19 heavy (non-hydrogen) atoms. The molecule has 0 heterocycles. The largest absolute Gasteiger partial charge is 0.489 e. The fraction of sp³-hybridized carbons (Fsp3) is 0.438. The second-order valence-corrected chi connectivity index (χ2v) is 4.49. The average molecular weight is 262 g/mol. The molecule has 0 amide bonds. The molecule has 3 heteroatoms. The summed E-state index contributed by atoms with van der Waals surface area (Å²) in [6.07, 6.45) is 1.11. The highest BCUT2D eigenvalue weighted by molar-refractivity contribution is 5.88. The summed E-state index contributed by atoms with van der Waals surface area (Å²) in [5, 5.41) is 0. The van der Waals surface area contributed by atoms with Gasteiger partial charge < -0.3 is 9.47 Å². The van der Waals surface area contributed by atoms with Gasteiger partial charge >= 0.3 is 5.97 Å². The molecule has 1 rings (SSSR count). The summed E-state index contributed by atoms with van der Waals surface area (Å²) >= 11 is 0. The first-order chi connectivity index (χ1) is 9.08. The molecule has 0 aliphatic carbocycles. The van der Waals surface area contributed by atoms with E-state index in [1.54, 1.807) is 6.92 Å². The molecule has 1 unspecified atom stereocenters. The second-order valence-electron chi connectivity index (χ2n) is 4.49. The summed E-state index contributed by atoms with van der Waals surface area (Å²) in [6.45, 7) is 10.3. The summed E-state index contributed by atoms with van der Waals surface area (Å²) in [4.78, 5) is 11.3. The van der Waals surface area contributed by atoms with Gasteiger partial charge in [0, 0.05) is 0 Å². The van der Waals surface area contributed by atoms with Crippen molar-refractivity contribution in [1.29, 1.82) is 0 Å². The van der Waals surface area contributed by atoms with Crippen LogP contribution in [-0.4, -0.2) is 19.2 Å². The van der Waals surface area contributed by atoms with Crippen molar-refractivity contribution in [2.75, 3.05) is 13.2 Å². The number of hydrogen-bond donors (Lipinski definition) is 0. The van der Waals surface area contributed by atoms with Crippen LogP contribution in [0, 0.1) is 0 Å². The van der Waals surface area contributed by atoms with Crippen molar-refractivity contribution in [1.82, 2.24) is 0 Å². The van der Waals surface area contributed by atoms with Crippen molar-refractivity contribution in [2.45, 2.75) is 33.1 Å². The van der Waals surface area contributed by atoms with E-state index in [2.05, 4.69) is 32.6 Å². The van der Waals surface area contributed by atoms with Crippen LogP contribution in [0.2, 0.25) is 0 Å². The van der Waals surface area contributed by atoms with Gasteiger partial charge in [-0.3, -0.25) is 0 Å². The maximum Gasteiger partial charge on any atom is 0.336 e. The molecule has 1 atom stereocenters. The number of benzene rings is 1. The van der Waals surface area contributed by atoms with Gasteiger partial charge in [-0.2, -0.15) is 0 Å². The Labute approximate surface area is 115 Å². The van der Waals surface area contributed by atoms with Crippen LogP contribution in [0.25, 0.3) is 0 Å². The van der Waals surface area contributed by atoms with Crippen molar-refractivity contribution in [3.63, 3.8) is 0 Å². The van der Waals surface area contributed by atoms with Crippen molar-refractivity contribution >= 4 is 5.97 Å². The lowest BCUT2D eigenvalue weighted by atomic mass is 9.99. The first kappa shape index (κ1) is 15.3. The molecule has 0 spiro atoms. The van der Waals surface area contributed by atoms with E-state index >= 15 is 0 Å². The predicted octanol–water partition coefficient (Wildman–Crippen LogP) is 3.70. The van der Waals surface area contributed by atoms with Gasteiger partial charge in [-0.1, -0.05) is 32.6 Å². The Hall–Kier alpha value is -1.77. The van der Waals surface area contributed by atoms with E-state index in [4.69, 9.17) is 9.47 Å². The number of carbonyl (C=O) groups is 1. The van der Waals surface area contributed by atoms with Crippen molar-refractivity contribution < 1.29 is 14.3 Å². The summed E-state index contributed by atoms with van der Waals surface area (Å²) < 4.78 is 10.3. The maximum absolute atomic E-state index is 11.3. The molecule has 0 bridgehead atoms. The summed E-state index contributed by atoms with van der Waals surface area (Å²) in [5.41, 5.74) is 1.62. The lowest BCUT2D eigenvalue weighted by molar-refractivity contribution is -0.138. The van der Waals surface area contributed by atoms with Crippen LogP contribution < -0.4 is 4.74 Å². The highest BCUT2D eigenvalue weighted by Gasteiger charge is 2.08. The van der Waals surface area contributed by atoms with Gasteiger partial charge in [0.15, 0.2) is 0 Å². The van der Waals surface area contributed by atoms with E-state index in [1.165, 1.54) is 5.56 Å². The number of carbonyl (C=O) groups excluding carboxylic acids is 1. The molecule has 0 saturated carbocycles. The molecule has 0 aliphatic rings. The van der Waals surface area contributed by atoms with E-state index in [-0.39, 0.29) is 6.61 Å². The highest BCUT2D eigenvalue weighted by atomic mass is 16.5. The fourth-order valence-electron chi connectivity index (χ4n) is 1.59. The van der Waals surface area contributed by atoms with Gasteiger partial charge in [0.2, 0.25) is 0 Å². The van der Waals surface area contributed by atoms with E-state index in [1.807, 2.05) is 12.1 Å². The van der Waals surface area contributed by atoms with Crippen LogP contribution in [0.4, 0.5) is 0 Å². The molecule has 0 fully saturated rings. The van der Waals surface area contributed by atoms with E-state index in [0.717, 1.165) is 12.2 Å². The van der Waals surface area contributed by atoms with Gasteiger partial charge in [-0.15, -0.1) is 0 Å². The standard InChI is InChI=1S/C16H22O3/c1-5-12(3)14-7-9-15(10-8-14)19-11-13(4)16(17)18-6-2/h7-10,12H,4-6,11H2,1-3H3. The molecule has 0 saturated heterocycles. The van der Waals surface area contributed by atoms with Crippen LogP contribution >= 0.6 is 0 Å². The minimum absolute atomic E-state index is 0.154. The minimum atomic E-state index is -0.404. The summed E-state index contributed by atoms with van der Waals surface area (Å²) in [5.74, 6) is 0.875. The first-order valence-electron chi connectivity index (χ1n) is 6.66. The van der Waals surface area contributed by atoms with Crippen LogP contribution in [0.3, 0.4) is 0 Å². The van der Waals surface area contributed by atoms with Gasteiger partial charge in [0.05, 0.1) is 12.2 Å². The molecule has 3 nitrogen and oxygen atoms in total. The lowest BCUT2D eigenvalue weighted by Crippen LogP contribution is -2.13. The third kappa shape index (κ3) is 4.78. The molecular weight excluding hydrogens is 240 g/mol. The van der Waals surface area contributed by atoms with Crippen LogP contribution in [0.15, 0.2) is 36.4 Å². The summed E-state index contributed by atoms with van der Waals surface area (Å²) in [6, 6.07) is 7.94. The van der Waals surface area contributed by atoms with Crippen LogP contribution in [0.5, 0.6) is 5.75 Å². The zero-order valence-corrected chi connectivity index (χ0v) is 11.9. The quantitative estimate of drug-likeness (QED) is 0.555. The number of hydrogen-bond acceptors (Lipinski definition) is 3. The van der Waals surface area contributed by atoms with Gasteiger partial charge in [0.25, 0.3) is 0 Å². The molecule has 1 aromatic rings. The van der Waals surface area contributed by atoms with Crippen molar-refractivity contribution in [3.8, 4) is 5.75 Å². The maximum atomic E-state index is 11.3. The molecule has 0 N–H and O–H groups in total. The van der Waals surface area contributed by atoms with Crippen molar-refractivity contribution in [3.05, 3.63) is 42.0 Å². The minimum Gasteiger partial charge on any atom is -0.489 e. The van der Waals surface area contributed by atoms with E-state index in [0.29, 0.717) is 18.1 Å². The zero-order chi connectivity index (χ0) is 14.3. The summed E-state index contributed by atoms with van der Waals surface area (Å²) in [7, 11) is 0. The smallest absolute Gasteiger partial charge is 0.336 e. The van der Waals surface area contributed by atoms with Gasteiger partial charge in [-0.05, 0) is 37.0 Å². The Balaban J connectivity index is 2.50. The third-order valence-electron chi connectivity index (χ3n) is 3.04. The zero-order valence-electron chi connectivity index (χ0n) is 11.9. The number of esters is 1. The Morgan fingerprint density at radius 1 is 1.26 bits per heavy atom. The van der Waals surface area contributed by atoms with E-state index < -0.39 is 5.97 Å². The number of ether oxygens (including phenoxy) is 2. The molecule has 0 aliphatic heterocycles. The van der Waals surface area contributed by atoms with E-state index in [9.17, 15) is 4.79 Å². The van der Waals surface area contributed by atoms with Gasteiger partial charge in [0.1, 0.15) is 12.4 Å². The van der Waals surface area contributed by atoms with Crippen LogP contribution in [0.1, 0.15) is 38.7 Å². The molecule has 0 aromatic heterocycles. The average Bonchev–Trinajstić information content (AvgIpc) is 2.44. The third-order valence-corrected chi connectivity index (χ3v) is 3.04. The Bertz CT molecular complexity index is 420. The molecule has 104 valence electrons. The molecule has 0 radical (unpaired) electrons. The predicted molar refractivity (Wildman–Crippen MR) is 76.4 cm³/mol. The van der Waals surface area contributed by atoms with Crippen LogP contribution in [-0.2, 0) is 9.53 Å².